The molecule has 0 radical (unpaired) electrons. The summed E-state index contributed by atoms with van der Waals surface area (Å²) in [6, 6.07) is 7.72. The number of unbranched alkanes of at least 4 members (excludes halogenated alkanes) is 1. The highest BCUT2D eigenvalue weighted by molar-refractivity contribution is 8.00. The largest absolute Gasteiger partial charge is 0.496 e. The van der Waals surface area contributed by atoms with Gasteiger partial charge < -0.3 is 14.6 Å². The summed E-state index contributed by atoms with van der Waals surface area (Å²) in [5, 5.41) is 3.71. The van der Waals surface area contributed by atoms with Crippen LogP contribution in [0.4, 0.5) is 0 Å². The van der Waals surface area contributed by atoms with E-state index in [1.807, 2.05) is 38.1 Å². The van der Waals surface area contributed by atoms with Crippen LogP contribution in [0.3, 0.4) is 0 Å². The van der Waals surface area contributed by atoms with Crippen molar-refractivity contribution in [1.29, 1.82) is 0 Å². The van der Waals surface area contributed by atoms with Crippen LogP contribution in [0.5, 0.6) is 5.75 Å². The summed E-state index contributed by atoms with van der Waals surface area (Å²) in [4.78, 5) is 17.2. The number of amides is 1. The molecule has 1 heterocycles. The average molecular weight is 376 g/mol. The molecular formula is C20H29N3O2S. The predicted octanol–water partition coefficient (Wildman–Crippen LogP) is 4.11. The highest BCUT2D eigenvalue weighted by atomic mass is 32.2. The van der Waals surface area contributed by atoms with Crippen LogP contribution in [0.2, 0.25) is 0 Å². The van der Waals surface area contributed by atoms with Crippen molar-refractivity contribution in [3.05, 3.63) is 41.2 Å². The van der Waals surface area contributed by atoms with Gasteiger partial charge >= 0.3 is 0 Å². The summed E-state index contributed by atoms with van der Waals surface area (Å²) in [5.74, 6) is 0.788. The van der Waals surface area contributed by atoms with E-state index in [2.05, 4.69) is 28.7 Å². The number of rotatable bonds is 9. The standard InChI is InChI=1S/C20H29N3O2S/c1-6-7-12-23-15(3)14(2)22-20(23)26-16(4)19(24)21-13-17-10-8-9-11-18(17)25-5/h8-11,16H,6-7,12-13H2,1-5H3,(H,21,24). The Morgan fingerprint density at radius 2 is 2.08 bits per heavy atom. The van der Waals surface area contributed by atoms with Gasteiger partial charge in [-0.1, -0.05) is 43.3 Å². The molecule has 0 aliphatic heterocycles. The van der Waals surface area contributed by atoms with E-state index in [1.165, 1.54) is 17.5 Å². The highest BCUT2D eigenvalue weighted by Crippen LogP contribution is 2.26. The van der Waals surface area contributed by atoms with Gasteiger partial charge in [0, 0.05) is 24.3 Å². The number of nitrogens with zero attached hydrogens (tertiary/aromatic N) is 2. The monoisotopic (exact) mass is 375 g/mol. The minimum Gasteiger partial charge on any atom is -0.496 e. The first-order chi connectivity index (χ1) is 12.5. The van der Waals surface area contributed by atoms with E-state index in [-0.39, 0.29) is 11.2 Å². The lowest BCUT2D eigenvalue weighted by molar-refractivity contribution is -0.120. The predicted molar refractivity (Wildman–Crippen MR) is 107 cm³/mol. The van der Waals surface area contributed by atoms with Gasteiger partial charge in [-0.25, -0.2) is 4.98 Å². The van der Waals surface area contributed by atoms with Gasteiger partial charge in [0.15, 0.2) is 5.16 Å². The molecule has 0 saturated heterocycles. The Hall–Kier alpha value is -1.95. The van der Waals surface area contributed by atoms with Gasteiger partial charge in [-0.3, -0.25) is 4.79 Å². The van der Waals surface area contributed by atoms with E-state index in [4.69, 9.17) is 4.74 Å². The Labute approximate surface area is 160 Å². The second-order valence-electron chi connectivity index (χ2n) is 6.36. The molecule has 1 aromatic carbocycles. The van der Waals surface area contributed by atoms with Crippen molar-refractivity contribution < 1.29 is 9.53 Å². The minimum absolute atomic E-state index is 0.00116. The molecule has 26 heavy (non-hydrogen) atoms. The van der Waals surface area contributed by atoms with Gasteiger partial charge in [0.05, 0.1) is 18.1 Å². The molecule has 0 bridgehead atoms. The van der Waals surface area contributed by atoms with E-state index >= 15 is 0 Å². The van der Waals surface area contributed by atoms with Gasteiger partial charge in [0.25, 0.3) is 0 Å². The van der Waals surface area contributed by atoms with Crippen molar-refractivity contribution >= 4 is 17.7 Å². The first-order valence-corrected chi connectivity index (χ1v) is 9.95. The maximum absolute atomic E-state index is 12.5. The zero-order chi connectivity index (χ0) is 19.1. The van der Waals surface area contributed by atoms with Crippen LogP contribution in [0, 0.1) is 13.8 Å². The van der Waals surface area contributed by atoms with Crippen LogP contribution in [0.15, 0.2) is 29.4 Å². The van der Waals surface area contributed by atoms with Gasteiger partial charge in [-0.15, -0.1) is 0 Å². The third-order valence-electron chi connectivity index (χ3n) is 4.46. The number of benzene rings is 1. The molecule has 142 valence electrons. The van der Waals surface area contributed by atoms with E-state index in [1.54, 1.807) is 7.11 Å². The SMILES string of the molecule is CCCCn1c(SC(C)C(=O)NCc2ccccc2OC)nc(C)c1C. The quantitative estimate of drug-likeness (QED) is 0.670. The summed E-state index contributed by atoms with van der Waals surface area (Å²) >= 11 is 1.52. The second kappa shape index (κ2) is 9.67. The zero-order valence-electron chi connectivity index (χ0n) is 16.3. The average Bonchev–Trinajstić information content (AvgIpc) is 2.91. The van der Waals surface area contributed by atoms with Gasteiger partial charge in [0.2, 0.25) is 5.91 Å². The number of thioether (sulfide) groups is 1. The van der Waals surface area contributed by atoms with Crippen molar-refractivity contribution in [3.63, 3.8) is 0 Å². The summed E-state index contributed by atoms with van der Waals surface area (Å²) in [6.07, 6.45) is 2.24. The van der Waals surface area contributed by atoms with Crippen LogP contribution < -0.4 is 10.1 Å². The molecule has 0 aliphatic carbocycles. The van der Waals surface area contributed by atoms with E-state index in [0.29, 0.717) is 6.54 Å². The lowest BCUT2D eigenvalue weighted by Gasteiger charge is -2.14. The first-order valence-electron chi connectivity index (χ1n) is 9.07. The Morgan fingerprint density at radius 3 is 2.77 bits per heavy atom. The smallest absolute Gasteiger partial charge is 0.233 e. The van der Waals surface area contributed by atoms with Gasteiger partial charge in [0.1, 0.15) is 5.75 Å². The van der Waals surface area contributed by atoms with E-state index in [0.717, 1.165) is 41.5 Å². The lowest BCUT2D eigenvalue weighted by Crippen LogP contribution is -2.30. The number of aryl methyl sites for hydroxylation is 1. The normalized spacial score (nSPS) is 12.0. The van der Waals surface area contributed by atoms with Crippen molar-refractivity contribution in [2.45, 2.75) is 64.0 Å². The Kier molecular flexibility index (Phi) is 7.57. The molecule has 6 heteroatoms. The Bertz CT molecular complexity index is 743. The number of methoxy groups -OCH3 is 1. The Morgan fingerprint density at radius 1 is 1.35 bits per heavy atom. The number of hydrogen-bond acceptors (Lipinski definition) is 4. The fourth-order valence-corrected chi connectivity index (χ4v) is 3.73. The molecule has 1 aromatic heterocycles. The van der Waals surface area contributed by atoms with Crippen LogP contribution in [-0.2, 0) is 17.9 Å². The van der Waals surface area contributed by atoms with Gasteiger partial charge in [-0.05, 0) is 33.3 Å². The third kappa shape index (κ3) is 5.04. The highest BCUT2D eigenvalue weighted by Gasteiger charge is 2.19. The molecule has 2 aromatic rings. The number of imidazole rings is 1. The molecule has 1 atom stereocenters. The fraction of sp³-hybridized carbons (Fsp3) is 0.500. The maximum atomic E-state index is 12.5. The summed E-state index contributed by atoms with van der Waals surface area (Å²) < 4.78 is 7.56. The number of ether oxygens (including phenoxy) is 1. The van der Waals surface area contributed by atoms with Crippen molar-refractivity contribution in [2.24, 2.45) is 0 Å². The van der Waals surface area contributed by atoms with Crippen molar-refractivity contribution in [1.82, 2.24) is 14.9 Å². The number of carbonyl (C=O) groups excluding carboxylic acids is 1. The van der Waals surface area contributed by atoms with E-state index < -0.39 is 0 Å². The molecule has 1 unspecified atom stereocenters. The minimum atomic E-state index is -0.216. The van der Waals surface area contributed by atoms with E-state index in [9.17, 15) is 4.79 Å². The summed E-state index contributed by atoms with van der Waals surface area (Å²) in [5.41, 5.74) is 3.18. The maximum Gasteiger partial charge on any atom is 0.233 e. The third-order valence-corrected chi connectivity index (χ3v) is 5.55. The first kappa shape index (κ1) is 20.4. The van der Waals surface area contributed by atoms with Gasteiger partial charge in [-0.2, -0.15) is 0 Å². The number of aromatic nitrogens is 2. The summed E-state index contributed by atoms with van der Waals surface area (Å²) in [6.45, 7) is 9.62. The van der Waals surface area contributed by atoms with Crippen LogP contribution in [0.25, 0.3) is 0 Å². The number of nitrogens with one attached hydrogen (secondary N) is 1. The molecule has 0 fully saturated rings. The molecule has 2 rings (SSSR count). The summed E-state index contributed by atoms with van der Waals surface area (Å²) in [7, 11) is 1.64. The van der Waals surface area contributed by atoms with Crippen LogP contribution in [-0.4, -0.2) is 27.8 Å². The van der Waals surface area contributed by atoms with Crippen LogP contribution in [0.1, 0.15) is 43.6 Å². The molecule has 0 saturated carbocycles. The Balaban J connectivity index is 2.00. The molecule has 1 amide bonds. The van der Waals surface area contributed by atoms with Crippen LogP contribution >= 0.6 is 11.8 Å². The van der Waals surface area contributed by atoms with Crippen molar-refractivity contribution in [2.75, 3.05) is 7.11 Å². The van der Waals surface area contributed by atoms with Crippen molar-refractivity contribution in [3.8, 4) is 5.75 Å². The number of para-hydroxylation sites is 1. The molecule has 1 N–H and O–H groups in total. The topological polar surface area (TPSA) is 56.2 Å². The molecule has 0 aliphatic rings. The second-order valence-corrected chi connectivity index (χ2v) is 7.67. The lowest BCUT2D eigenvalue weighted by atomic mass is 10.2. The molecular weight excluding hydrogens is 346 g/mol. The number of carbonyl (C=O) groups is 1. The number of hydrogen-bond donors (Lipinski definition) is 1. The molecule has 0 spiro atoms. The zero-order valence-corrected chi connectivity index (χ0v) is 17.2. The fourth-order valence-electron chi connectivity index (χ4n) is 2.68. The molecule has 5 nitrogen and oxygen atoms in total.